The number of hydrogen-bond donors (Lipinski definition) is 1. The van der Waals surface area contributed by atoms with Gasteiger partial charge in [0.1, 0.15) is 40.5 Å². The Kier molecular flexibility index (Phi) is 9.34. The van der Waals surface area contributed by atoms with Crippen molar-refractivity contribution in [3.05, 3.63) is 18.2 Å². The minimum Gasteiger partial charge on any atom is -0.508 e. The topological polar surface area (TPSA) is 132 Å². The second-order valence-corrected chi connectivity index (χ2v) is 11.8. The van der Waals surface area contributed by atoms with Crippen LogP contribution in [0.1, 0.15) is 67.2 Å². The fourth-order valence-electron chi connectivity index (χ4n) is 4.54. The number of phenolic OH excluding ortho intramolecular Hbond substituents is 1. The molecule has 0 aromatic heterocycles. The van der Waals surface area contributed by atoms with E-state index in [2.05, 4.69) is 0 Å². The minimum absolute atomic E-state index is 0.159. The van der Waals surface area contributed by atoms with Crippen molar-refractivity contribution in [3.8, 4) is 17.2 Å². The van der Waals surface area contributed by atoms with Gasteiger partial charge < -0.3 is 33.9 Å². The molecule has 0 radical (unpaired) electrons. The van der Waals surface area contributed by atoms with Gasteiger partial charge in [-0.1, -0.05) is 0 Å². The van der Waals surface area contributed by atoms with E-state index in [1.165, 1.54) is 28.0 Å². The molecule has 2 amide bonds. The maximum absolute atomic E-state index is 12.8. The third-order valence-electron chi connectivity index (χ3n) is 6.09. The van der Waals surface area contributed by atoms with E-state index in [1.54, 1.807) is 41.5 Å². The Morgan fingerprint density at radius 2 is 1.13 bits per heavy atom. The molecule has 2 aliphatic heterocycles. The highest BCUT2D eigenvalue weighted by Crippen LogP contribution is 2.28. The zero-order valence-corrected chi connectivity index (χ0v) is 23.7. The molecule has 2 saturated heterocycles. The summed E-state index contributed by atoms with van der Waals surface area (Å²) in [5.41, 5.74) is -1.31. The zero-order valence-electron chi connectivity index (χ0n) is 23.7. The molecule has 1 aromatic rings. The van der Waals surface area contributed by atoms with Gasteiger partial charge >= 0.3 is 11.9 Å². The van der Waals surface area contributed by atoms with Crippen LogP contribution in [0.5, 0.6) is 17.2 Å². The van der Waals surface area contributed by atoms with Crippen LogP contribution in [0.15, 0.2) is 18.2 Å². The van der Waals surface area contributed by atoms with E-state index in [1.807, 2.05) is 0 Å². The standard InChI is InChI=1S/C28H40N2O9/c1-27(2,3)38-25(34)21-9-7-11-29(21)23(32)16-36-19-13-18(31)14-20(15-19)37-17-24(33)30-12-8-10-22(30)26(35)39-28(4,5)6/h13-15,21-22,31H,7-12,16-17H2,1-6H3/t21-,22-/m1/s1. The number of phenols is 1. The Balaban J connectivity index is 1.56. The van der Waals surface area contributed by atoms with E-state index >= 15 is 0 Å². The summed E-state index contributed by atoms with van der Waals surface area (Å²) in [4.78, 5) is 53.6. The number of nitrogens with zero attached hydrogens (tertiary/aromatic N) is 2. The molecule has 39 heavy (non-hydrogen) atoms. The van der Waals surface area contributed by atoms with Gasteiger partial charge in [-0.15, -0.1) is 0 Å². The summed E-state index contributed by atoms with van der Waals surface area (Å²) in [6.07, 6.45) is 2.40. The molecular weight excluding hydrogens is 508 g/mol. The Morgan fingerprint density at radius 3 is 1.49 bits per heavy atom. The van der Waals surface area contributed by atoms with Gasteiger partial charge in [-0.3, -0.25) is 9.59 Å². The number of benzene rings is 1. The monoisotopic (exact) mass is 548 g/mol. The van der Waals surface area contributed by atoms with Gasteiger partial charge in [-0.2, -0.15) is 0 Å². The summed E-state index contributed by atoms with van der Waals surface area (Å²) < 4.78 is 22.1. The molecule has 11 nitrogen and oxygen atoms in total. The molecule has 216 valence electrons. The van der Waals surface area contributed by atoms with Gasteiger partial charge in [-0.25, -0.2) is 9.59 Å². The van der Waals surface area contributed by atoms with Crippen LogP contribution < -0.4 is 9.47 Å². The number of hydrogen-bond acceptors (Lipinski definition) is 9. The molecule has 2 fully saturated rings. The molecule has 0 aliphatic carbocycles. The van der Waals surface area contributed by atoms with Crippen molar-refractivity contribution in [1.82, 2.24) is 9.80 Å². The summed E-state index contributed by atoms with van der Waals surface area (Å²) in [5, 5.41) is 10.1. The van der Waals surface area contributed by atoms with E-state index in [-0.39, 0.29) is 42.3 Å². The number of rotatable bonds is 8. The normalized spacial score (nSPS) is 19.5. The Bertz CT molecular complexity index is 994. The lowest BCUT2D eigenvalue weighted by Gasteiger charge is -2.27. The average molecular weight is 549 g/mol. The number of aromatic hydroxyl groups is 1. The first-order chi connectivity index (χ1) is 18.1. The predicted molar refractivity (Wildman–Crippen MR) is 140 cm³/mol. The Labute approximate surface area is 229 Å². The van der Waals surface area contributed by atoms with E-state index in [4.69, 9.17) is 18.9 Å². The first-order valence-electron chi connectivity index (χ1n) is 13.3. The Morgan fingerprint density at radius 1 is 0.744 bits per heavy atom. The maximum Gasteiger partial charge on any atom is 0.329 e. The molecule has 1 aromatic carbocycles. The van der Waals surface area contributed by atoms with Crippen LogP contribution in [-0.2, 0) is 28.7 Å². The van der Waals surface area contributed by atoms with Crippen LogP contribution in [0.2, 0.25) is 0 Å². The molecule has 2 aliphatic rings. The molecule has 11 heteroatoms. The van der Waals surface area contributed by atoms with Crippen molar-refractivity contribution in [2.75, 3.05) is 26.3 Å². The first-order valence-corrected chi connectivity index (χ1v) is 13.3. The van der Waals surface area contributed by atoms with Crippen LogP contribution in [0.4, 0.5) is 0 Å². The third-order valence-corrected chi connectivity index (χ3v) is 6.09. The molecule has 3 rings (SSSR count). The van der Waals surface area contributed by atoms with Crippen molar-refractivity contribution in [3.63, 3.8) is 0 Å². The quantitative estimate of drug-likeness (QED) is 0.487. The first kappa shape index (κ1) is 30.0. The van der Waals surface area contributed by atoms with Gasteiger partial charge in [0.05, 0.1) is 0 Å². The SMILES string of the molecule is CC(C)(C)OC(=O)[C@H]1CCCN1C(=O)COc1cc(O)cc(OCC(=O)N2CCC[C@@H]2C(=O)OC(C)(C)C)c1. The average Bonchev–Trinajstić information content (AvgIpc) is 3.48. The predicted octanol–water partition coefficient (Wildman–Crippen LogP) is 2.82. The molecule has 0 spiro atoms. The van der Waals surface area contributed by atoms with Gasteiger partial charge in [0.15, 0.2) is 13.2 Å². The fraction of sp³-hybridized carbons (Fsp3) is 0.643. The number of amides is 2. The lowest BCUT2D eigenvalue weighted by molar-refractivity contribution is -0.164. The van der Waals surface area contributed by atoms with Crippen LogP contribution in [0.25, 0.3) is 0 Å². The fourth-order valence-corrected chi connectivity index (χ4v) is 4.54. The van der Waals surface area contributed by atoms with Crippen molar-refractivity contribution in [1.29, 1.82) is 0 Å². The van der Waals surface area contributed by atoms with Crippen LogP contribution >= 0.6 is 0 Å². The van der Waals surface area contributed by atoms with Crippen LogP contribution in [0, 0.1) is 0 Å². The summed E-state index contributed by atoms with van der Waals surface area (Å²) in [6, 6.07) is 2.76. The highest BCUT2D eigenvalue weighted by Gasteiger charge is 2.38. The molecule has 0 bridgehead atoms. The smallest absolute Gasteiger partial charge is 0.329 e. The second kappa shape index (κ2) is 12.1. The molecule has 0 unspecified atom stereocenters. The molecule has 0 saturated carbocycles. The lowest BCUT2D eigenvalue weighted by atomic mass is 10.1. The second-order valence-electron chi connectivity index (χ2n) is 11.8. The molecular formula is C28H40N2O9. The number of likely N-dealkylation sites (tertiary alicyclic amines) is 2. The van der Waals surface area contributed by atoms with Crippen molar-refractivity contribution in [2.45, 2.75) is 90.5 Å². The molecule has 2 heterocycles. The minimum atomic E-state index is -0.662. The highest BCUT2D eigenvalue weighted by atomic mass is 16.6. The molecule has 2 atom stereocenters. The van der Waals surface area contributed by atoms with Crippen LogP contribution in [-0.4, -0.2) is 88.2 Å². The number of ether oxygens (including phenoxy) is 4. The summed E-state index contributed by atoms with van der Waals surface area (Å²) >= 11 is 0. The van der Waals surface area contributed by atoms with Crippen molar-refractivity contribution in [2.24, 2.45) is 0 Å². The number of carbonyl (C=O) groups is 4. The highest BCUT2D eigenvalue weighted by molar-refractivity contribution is 5.87. The van der Waals surface area contributed by atoms with Gasteiger partial charge in [-0.05, 0) is 67.2 Å². The van der Waals surface area contributed by atoms with Gasteiger partial charge in [0.2, 0.25) is 0 Å². The zero-order chi connectivity index (χ0) is 29.0. The van der Waals surface area contributed by atoms with E-state index in [0.29, 0.717) is 38.8 Å². The van der Waals surface area contributed by atoms with E-state index in [9.17, 15) is 24.3 Å². The Hall–Kier alpha value is -3.50. The van der Waals surface area contributed by atoms with Gasteiger partial charge in [0, 0.05) is 31.3 Å². The summed E-state index contributed by atoms with van der Waals surface area (Å²) in [7, 11) is 0. The maximum atomic E-state index is 12.8. The van der Waals surface area contributed by atoms with E-state index < -0.39 is 35.2 Å². The van der Waals surface area contributed by atoms with Crippen molar-refractivity contribution < 1.29 is 43.2 Å². The molecule has 1 N–H and O–H groups in total. The number of esters is 2. The van der Waals surface area contributed by atoms with E-state index in [0.717, 1.165) is 0 Å². The van der Waals surface area contributed by atoms with Crippen LogP contribution in [0.3, 0.4) is 0 Å². The summed E-state index contributed by atoms with van der Waals surface area (Å²) in [5.74, 6) is -1.52. The third kappa shape index (κ3) is 8.76. The largest absolute Gasteiger partial charge is 0.508 e. The number of carbonyl (C=O) groups excluding carboxylic acids is 4. The summed E-state index contributed by atoms with van der Waals surface area (Å²) in [6.45, 7) is 10.8. The lowest BCUT2D eigenvalue weighted by Crippen LogP contribution is -2.45. The van der Waals surface area contributed by atoms with Gasteiger partial charge in [0.25, 0.3) is 11.8 Å². The van der Waals surface area contributed by atoms with Crippen molar-refractivity contribution >= 4 is 23.8 Å².